The Kier molecular flexibility index (Phi) is 7.09. The highest BCUT2D eigenvalue weighted by Crippen LogP contribution is 2.34. The first kappa shape index (κ1) is 24.1. The molecule has 0 aromatic heterocycles. The Labute approximate surface area is 192 Å². The molecule has 3 aliphatic heterocycles. The molecular weight excluding hydrogens is 472 g/mol. The van der Waals surface area contributed by atoms with Gasteiger partial charge in [-0.05, 0) is 31.5 Å². The van der Waals surface area contributed by atoms with Crippen molar-refractivity contribution in [1.82, 2.24) is 15.4 Å². The van der Waals surface area contributed by atoms with Crippen molar-refractivity contribution in [3.05, 3.63) is 17.7 Å². The van der Waals surface area contributed by atoms with Gasteiger partial charge in [0.05, 0.1) is 12.2 Å². The molecule has 15 heteroatoms. The van der Waals surface area contributed by atoms with Crippen LogP contribution in [0.3, 0.4) is 0 Å². The van der Waals surface area contributed by atoms with Crippen LogP contribution in [0.25, 0.3) is 0 Å². The number of nitrogens with zero attached hydrogens (tertiary/aromatic N) is 4. The lowest BCUT2D eigenvalue weighted by Gasteiger charge is -2.27. The second kappa shape index (κ2) is 9.69. The van der Waals surface area contributed by atoms with Crippen LogP contribution in [0.4, 0.5) is 5.69 Å². The molecule has 0 radical (unpaired) electrons. The van der Waals surface area contributed by atoms with E-state index in [-0.39, 0.29) is 36.8 Å². The Morgan fingerprint density at radius 3 is 2.64 bits per heavy atom. The Balaban J connectivity index is 1.86. The fourth-order valence-corrected chi connectivity index (χ4v) is 7.12. The standard InChI is InChI=1S/C18H28N8O5S2/c19-32(28,29)17-15(33(30,31)25-12-3-5-20-9-12)2-1-14(16(17)18-22-11-23-24-18)26-7-4-13(10-27)21-6-8-26/h1-2,12-13,20-21,25,27H,3-11H2,(H2,19,28,29)/t12-,13?/m1/s1. The largest absolute Gasteiger partial charge is 0.395 e. The van der Waals surface area contributed by atoms with Crippen LogP contribution >= 0.6 is 0 Å². The first-order valence-electron chi connectivity index (χ1n) is 10.6. The summed E-state index contributed by atoms with van der Waals surface area (Å²) >= 11 is 0. The van der Waals surface area contributed by atoms with Gasteiger partial charge in [0, 0.05) is 44.0 Å². The van der Waals surface area contributed by atoms with E-state index in [1.807, 2.05) is 4.90 Å². The Morgan fingerprint density at radius 2 is 2.00 bits per heavy atom. The van der Waals surface area contributed by atoms with E-state index in [2.05, 4.69) is 30.6 Å². The van der Waals surface area contributed by atoms with Gasteiger partial charge in [-0.3, -0.25) is 0 Å². The van der Waals surface area contributed by atoms with E-state index in [9.17, 15) is 21.9 Å². The first-order valence-corrected chi connectivity index (χ1v) is 13.7. The Bertz CT molecular complexity index is 1160. The Hall–Kier alpha value is -2.01. The number of aliphatic imine (C=N–C) groups is 1. The monoisotopic (exact) mass is 500 g/mol. The molecule has 3 heterocycles. The molecule has 2 fully saturated rings. The molecule has 3 aliphatic rings. The number of rotatable bonds is 7. The molecule has 0 aliphatic carbocycles. The molecule has 4 rings (SSSR count). The number of hydrogen-bond acceptors (Lipinski definition) is 11. The molecule has 1 aromatic carbocycles. The van der Waals surface area contributed by atoms with Crippen molar-refractivity contribution in [2.24, 2.45) is 20.4 Å². The van der Waals surface area contributed by atoms with Crippen molar-refractivity contribution in [2.45, 2.75) is 34.7 Å². The van der Waals surface area contributed by atoms with E-state index in [4.69, 9.17) is 5.14 Å². The highest BCUT2D eigenvalue weighted by atomic mass is 32.2. The predicted molar refractivity (Wildman–Crippen MR) is 121 cm³/mol. The second-order valence-corrected chi connectivity index (χ2v) is 11.3. The molecule has 13 nitrogen and oxygen atoms in total. The van der Waals surface area contributed by atoms with E-state index in [1.165, 1.54) is 6.07 Å². The van der Waals surface area contributed by atoms with Crippen molar-refractivity contribution in [2.75, 3.05) is 50.9 Å². The van der Waals surface area contributed by atoms with Crippen LogP contribution in [0, 0.1) is 0 Å². The minimum atomic E-state index is -4.50. The number of anilines is 1. The zero-order valence-corrected chi connectivity index (χ0v) is 19.6. The van der Waals surface area contributed by atoms with Gasteiger partial charge in [-0.15, -0.1) is 5.11 Å². The number of amidine groups is 1. The lowest BCUT2D eigenvalue weighted by atomic mass is 10.1. The maximum atomic E-state index is 13.2. The first-order chi connectivity index (χ1) is 15.7. The number of hydrogen-bond donors (Lipinski definition) is 5. The number of nitrogens with one attached hydrogen (secondary N) is 3. The molecule has 0 amide bonds. The summed E-state index contributed by atoms with van der Waals surface area (Å²) in [6, 6.07) is 2.37. The minimum Gasteiger partial charge on any atom is -0.395 e. The number of aliphatic hydroxyl groups excluding tert-OH is 1. The lowest BCUT2D eigenvalue weighted by molar-refractivity contribution is 0.242. The molecule has 33 heavy (non-hydrogen) atoms. The third-order valence-corrected chi connectivity index (χ3v) is 8.54. The minimum absolute atomic E-state index is 0.00987. The summed E-state index contributed by atoms with van der Waals surface area (Å²) in [5.74, 6) is 0.0181. The van der Waals surface area contributed by atoms with E-state index in [0.29, 0.717) is 51.3 Å². The number of nitrogens with two attached hydrogens (primary N) is 1. The van der Waals surface area contributed by atoms with Crippen molar-refractivity contribution < 1.29 is 21.9 Å². The maximum Gasteiger partial charge on any atom is 0.242 e. The van der Waals surface area contributed by atoms with Gasteiger partial charge >= 0.3 is 0 Å². The highest BCUT2D eigenvalue weighted by molar-refractivity contribution is 7.92. The molecule has 0 spiro atoms. The van der Waals surface area contributed by atoms with E-state index in [0.717, 1.165) is 0 Å². The summed E-state index contributed by atoms with van der Waals surface area (Å²) < 4.78 is 54.7. The number of aliphatic hydroxyl groups is 1. The van der Waals surface area contributed by atoms with Crippen molar-refractivity contribution in [1.29, 1.82) is 0 Å². The summed E-state index contributed by atoms with van der Waals surface area (Å²) in [4.78, 5) is 5.09. The van der Waals surface area contributed by atoms with Crippen LogP contribution in [0.5, 0.6) is 0 Å². The Morgan fingerprint density at radius 1 is 1.18 bits per heavy atom. The molecule has 182 valence electrons. The highest BCUT2D eigenvalue weighted by Gasteiger charge is 2.35. The maximum absolute atomic E-state index is 13.2. The van der Waals surface area contributed by atoms with Gasteiger partial charge < -0.3 is 20.6 Å². The van der Waals surface area contributed by atoms with E-state index >= 15 is 0 Å². The van der Waals surface area contributed by atoms with Gasteiger partial charge in [0.25, 0.3) is 0 Å². The molecule has 1 aromatic rings. The van der Waals surface area contributed by atoms with Crippen molar-refractivity contribution >= 4 is 31.6 Å². The number of benzene rings is 1. The quantitative estimate of drug-likeness (QED) is 0.293. The molecular formula is C18H28N8O5S2. The van der Waals surface area contributed by atoms with Crippen molar-refractivity contribution in [3.63, 3.8) is 0 Å². The number of sulfonamides is 2. The average Bonchev–Trinajstić information content (AvgIpc) is 3.42. The van der Waals surface area contributed by atoms with E-state index in [1.54, 1.807) is 6.07 Å². The van der Waals surface area contributed by atoms with Crippen molar-refractivity contribution in [3.8, 4) is 0 Å². The van der Waals surface area contributed by atoms with E-state index < -0.39 is 29.8 Å². The topological polar surface area (TPSA) is 191 Å². The molecule has 1 unspecified atom stereocenters. The number of primary sulfonamides is 1. The summed E-state index contributed by atoms with van der Waals surface area (Å²) in [6.45, 7) is 2.63. The summed E-state index contributed by atoms with van der Waals surface area (Å²) in [5.41, 5.74) is 0.467. The summed E-state index contributed by atoms with van der Waals surface area (Å²) in [5, 5.41) is 29.1. The lowest BCUT2D eigenvalue weighted by Crippen LogP contribution is -2.38. The SMILES string of the molecule is NS(=O)(=O)c1c(S(=O)(=O)N[C@@H]2CCNC2)ccc(N2CCNC(CO)CC2)c1C1=NCN=N1. The second-order valence-electron chi connectivity index (χ2n) is 8.12. The van der Waals surface area contributed by atoms with Gasteiger partial charge in [0.15, 0.2) is 12.5 Å². The van der Waals surface area contributed by atoms with Crippen LogP contribution in [0.15, 0.2) is 37.1 Å². The normalized spacial score (nSPS) is 24.2. The smallest absolute Gasteiger partial charge is 0.242 e. The molecule has 6 N–H and O–H groups in total. The summed E-state index contributed by atoms with van der Waals surface area (Å²) in [6.07, 6.45) is 1.19. The van der Waals surface area contributed by atoms with Gasteiger partial charge in [-0.25, -0.2) is 31.7 Å². The zero-order valence-electron chi connectivity index (χ0n) is 17.9. The predicted octanol–water partition coefficient (Wildman–Crippen LogP) is -1.70. The fraction of sp³-hybridized carbons (Fsp3) is 0.611. The van der Waals surface area contributed by atoms with Crippen LogP contribution in [0.1, 0.15) is 18.4 Å². The van der Waals surface area contributed by atoms with Crippen LogP contribution in [-0.2, 0) is 20.0 Å². The van der Waals surface area contributed by atoms with Crippen LogP contribution in [0.2, 0.25) is 0 Å². The average molecular weight is 501 g/mol. The fourth-order valence-electron chi connectivity index (χ4n) is 4.25. The third-order valence-electron chi connectivity index (χ3n) is 5.85. The zero-order chi connectivity index (χ0) is 23.6. The van der Waals surface area contributed by atoms with Gasteiger partial charge in [-0.2, -0.15) is 5.11 Å². The van der Waals surface area contributed by atoms with Gasteiger partial charge in [0.1, 0.15) is 9.79 Å². The van der Waals surface area contributed by atoms with Gasteiger partial charge in [-0.1, -0.05) is 0 Å². The molecule has 0 bridgehead atoms. The van der Waals surface area contributed by atoms with Gasteiger partial charge in [0.2, 0.25) is 20.0 Å². The van der Waals surface area contributed by atoms with Crippen LogP contribution in [-0.4, -0.2) is 85.9 Å². The third kappa shape index (κ3) is 5.24. The number of azo groups is 1. The summed E-state index contributed by atoms with van der Waals surface area (Å²) in [7, 11) is -8.72. The molecule has 2 saturated heterocycles. The molecule has 2 atom stereocenters. The molecule has 0 saturated carbocycles. The van der Waals surface area contributed by atoms with Crippen LogP contribution < -0.4 is 25.4 Å².